The fourth-order valence-corrected chi connectivity index (χ4v) is 2.82. The zero-order valence-corrected chi connectivity index (χ0v) is 13.4. The first-order chi connectivity index (χ1) is 10.0. The fraction of sp³-hybridized carbons (Fsp3) is 0.333. The minimum absolute atomic E-state index is 0.0461. The molecular weight excluding hydrogens is 334 g/mol. The van der Waals surface area contributed by atoms with Crippen LogP contribution < -0.4 is 5.73 Å². The molecule has 0 fully saturated rings. The third-order valence-electron chi connectivity index (χ3n) is 3.41. The van der Waals surface area contributed by atoms with Crippen LogP contribution in [0.1, 0.15) is 36.9 Å². The molecule has 5 nitrogen and oxygen atoms in total. The van der Waals surface area contributed by atoms with Gasteiger partial charge in [-0.05, 0) is 39.5 Å². The maximum atomic E-state index is 10.9. The van der Waals surface area contributed by atoms with Crippen LogP contribution >= 0.6 is 15.9 Å². The Morgan fingerprint density at radius 3 is 2.86 bits per heavy atom. The number of nitro groups is 1. The first kappa shape index (κ1) is 15.7. The zero-order valence-electron chi connectivity index (χ0n) is 11.8. The molecule has 6 heteroatoms. The highest BCUT2D eigenvalue weighted by Crippen LogP contribution is 2.29. The second-order valence-corrected chi connectivity index (χ2v) is 5.81. The molecule has 1 aromatic heterocycles. The highest BCUT2D eigenvalue weighted by Gasteiger charge is 2.15. The topological polar surface area (TPSA) is 74.1 Å². The number of halogens is 1. The molecule has 21 heavy (non-hydrogen) atoms. The third kappa shape index (κ3) is 3.71. The van der Waals surface area contributed by atoms with Crippen molar-refractivity contribution in [1.82, 2.24) is 4.57 Å². The number of hydrogen-bond acceptors (Lipinski definition) is 3. The second-order valence-electron chi connectivity index (χ2n) is 5.02. The van der Waals surface area contributed by atoms with E-state index in [1.54, 1.807) is 6.07 Å². The van der Waals surface area contributed by atoms with Gasteiger partial charge in [0.25, 0.3) is 5.69 Å². The number of rotatable bonds is 6. The Balaban J connectivity index is 2.19. The molecule has 0 radical (unpaired) electrons. The molecule has 1 unspecified atom stereocenters. The lowest BCUT2D eigenvalue weighted by atomic mass is 10.1. The molecule has 2 rings (SSSR count). The minimum Gasteiger partial charge on any atom is -0.350 e. The van der Waals surface area contributed by atoms with E-state index in [9.17, 15) is 10.1 Å². The molecular formula is C15H18BrN3O2. The van der Waals surface area contributed by atoms with Crippen molar-refractivity contribution in [1.29, 1.82) is 0 Å². The fourth-order valence-electron chi connectivity index (χ4n) is 2.28. The molecule has 0 aliphatic heterocycles. The summed E-state index contributed by atoms with van der Waals surface area (Å²) in [6.45, 7) is 2.68. The molecule has 0 spiro atoms. The van der Waals surface area contributed by atoms with Crippen LogP contribution in [0.4, 0.5) is 5.69 Å². The van der Waals surface area contributed by atoms with E-state index in [1.807, 2.05) is 29.1 Å². The molecule has 0 saturated carbocycles. The summed E-state index contributed by atoms with van der Waals surface area (Å²) in [4.78, 5) is 10.6. The largest absolute Gasteiger partial charge is 0.350 e. The van der Waals surface area contributed by atoms with Gasteiger partial charge >= 0.3 is 0 Å². The maximum Gasteiger partial charge on any atom is 0.283 e. The van der Waals surface area contributed by atoms with Crippen LogP contribution in [0.5, 0.6) is 0 Å². The predicted molar refractivity (Wildman–Crippen MR) is 86.2 cm³/mol. The lowest BCUT2D eigenvalue weighted by molar-refractivity contribution is -0.385. The van der Waals surface area contributed by atoms with E-state index in [2.05, 4.69) is 22.9 Å². The van der Waals surface area contributed by atoms with E-state index in [0.717, 1.165) is 24.0 Å². The molecule has 0 saturated heterocycles. The molecule has 112 valence electrons. The summed E-state index contributed by atoms with van der Waals surface area (Å²) in [5, 5.41) is 10.9. The summed E-state index contributed by atoms with van der Waals surface area (Å²) in [7, 11) is 0. The van der Waals surface area contributed by atoms with Gasteiger partial charge in [-0.15, -0.1) is 0 Å². The average molecular weight is 352 g/mol. The lowest BCUT2D eigenvalue weighted by Crippen LogP contribution is -2.08. The van der Waals surface area contributed by atoms with E-state index >= 15 is 0 Å². The monoisotopic (exact) mass is 351 g/mol. The van der Waals surface area contributed by atoms with Gasteiger partial charge in [0.05, 0.1) is 4.92 Å². The molecule has 0 amide bonds. The zero-order chi connectivity index (χ0) is 15.4. The van der Waals surface area contributed by atoms with Gasteiger partial charge in [0, 0.05) is 31.0 Å². The Morgan fingerprint density at radius 1 is 1.43 bits per heavy atom. The number of nitrogens with two attached hydrogens (primary N) is 1. The average Bonchev–Trinajstić information content (AvgIpc) is 2.90. The summed E-state index contributed by atoms with van der Waals surface area (Å²) < 4.78 is 2.53. The second kappa shape index (κ2) is 6.87. The van der Waals surface area contributed by atoms with Gasteiger partial charge in [0.2, 0.25) is 0 Å². The van der Waals surface area contributed by atoms with Gasteiger partial charge in [-0.3, -0.25) is 10.1 Å². The number of benzene rings is 1. The van der Waals surface area contributed by atoms with E-state index < -0.39 is 0 Å². The Kier molecular flexibility index (Phi) is 5.14. The Labute approximate surface area is 132 Å². The van der Waals surface area contributed by atoms with Crippen LogP contribution in [0.2, 0.25) is 0 Å². The van der Waals surface area contributed by atoms with Crippen LogP contribution in [-0.2, 0) is 6.54 Å². The van der Waals surface area contributed by atoms with Crippen molar-refractivity contribution in [3.8, 4) is 0 Å². The maximum absolute atomic E-state index is 10.9. The van der Waals surface area contributed by atoms with Crippen LogP contribution in [0.25, 0.3) is 0 Å². The van der Waals surface area contributed by atoms with E-state index in [-0.39, 0.29) is 16.7 Å². The van der Waals surface area contributed by atoms with Crippen molar-refractivity contribution in [2.45, 2.75) is 32.4 Å². The predicted octanol–water partition coefficient (Wildman–Crippen LogP) is 4.01. The Bertz CT molecular complexity index is 640. The first-order valence-electron chi connectivity index (χ1n) is 6.86. The molecule has 0 aliphatic rings. The number of hydrogen-bond donors (Lipinski definition) is 1. The van der Waals surface area contributed by atoms with Crippen LogP contribution in [0.15, 0.2) is 41.1 Å². The summed E-state index contributed by atoms with van der Waals surface area (Å²) in [5.74, 6) is 0. The van der Waals surface area contributed by atoms with Crippen LogP contribution in [-0.4, -0.2) is 9.49 Å². The number of nitro benzene ring substituents is 1. The van der Waals surface area contributed by atoms with Crippen molar-refractivity contribution >= 4 is 21.6 Å². The third-order valence-corrected chi connectivity index (χ3v) is 4.32. The molecule has 0 bridgehead atoms. The van der Waals surface area contributed by atoms with Crippen molar-refractivity contribution in [2.75, 3.05) is 0 Å². The number of aromatic nitrogens is 1. The van der Waals surface area contributed by atoms with Gasteiger partial charge < -0.3 is 10.3 Å². The van der Waals surface area contributed by atoms with E-state index in [4.69, 9.17) is 5.73 Å². The van der Waals surface area contributed by atoms with Gasteiger partial charge in [0.1, 0.15) is 4.47 Å². The van der Waals surface area contributed by atoms with Crippen LogP contribution in [0.3, 0.4) is 0 Å². The van der Waals surface area contributed by atoms with Crippen molar-refractivity contribution in [3.63, 3.8) is 0 Å². The summed E-state index contributed by atoms with van der Waals surface area (Å²) in [5.41, 5.74) is 8.15. The molecule has 2 N–H and O–H groups in total. The highest BCUT2D eigenvalue weighted by molar-refractivity contribution is 9.10. The standard InChI is InChI=1S/C15H18BrN3O2/c1-2-4-13(17)11-7-8-18(9-11)10-12-5-3-6-14(15(12)16)19(20)21/h3,5-9,13H,2,4,10,17H2,1H3. The molecule has 0 aliphatic carbocycles. The Hall–Kier alpha value is -1.66. The summed E-state index contributed by atoms with van der Waals surface area (Å²) in [6.07, 6.45) is 5.95. The molecule has 1 heterocycles. The summed E-state index contributed by atoms with van der Waals surface area (Å²) >= 11 is 3.32. The molecule has 2 aromatic rings. The number of nitrogens with zero attached hydrogens (tertiary/aromatic N) is 2. The highest BCUT2D eigenvalue weighted by atomic mass is 79.9. The first-order valence-corrected chi connectivity index (χ1v) is 7.65. The lowest BCUT2D eigenvalue weighted by Gasteiger charge is -2.08. The van der Waals surface area contributed by atoms with Gasteiger partial charge in [0.15, 0.2) is 0 Å². The van der Waals surface area contributed by atoms with E-state index in [0.29, 0.717) is 11.0 Å². The van der Waals surface area contributed by atoms with Crippen molar-refractivity contribution in [3.05, 3.63) is 62.4 Å². The van der Waals surface area contributed by atoms with Gasteiger partial charge in [-0.1, -0.05) is 25.5 Å². The molecule has 1 aromatic carbocycles. The Morgan fingerprint density at radius 2 is 2.19 bits per heavy atom. The quantitative estimate of drug-likeness (QED) is 0.631. The van der Waals surface area contributed by atoms with Gasteiger partial charge in [-0.2, -0.15) is 0 Å². The van der Waals surface area contributed by atoms with Crippen LogP contribution in [0, 0.1) is 10.1 Å². The smallest absolute Gasteiger partial charge is 0.283 e. The summed E-state index contributed by atoms with van der Waals surface area (Å²) in [6, 6.07) is 7.12. The van der Waals surface area contributed by atoms with Gasteiger partial charge in [-0.25, -0.2) is 0 Å². The van der Waals surface area contributed by atoms with Crippen molar-refractivity contribution in [2.24, 2.45) is 5.73 Å². The van der Waals surface area contributed by atoms with Crippen molar-refractivity contribution < 1.29 is 4.92 Å². The molecule has 1 atom stereocenters. The SMILES string of the molecule is CCCC(N)c1ccn(Cc2cccc([N+](=O)[O-])c2Br)c1. The van der Waals surface area contributed by atoms with E-state index in [1.165, 1.54) is 6.07 Å². The normalized spacial score (nSPS) is 12.3. The minimum atomic E-state index is -0.383.